The summed E-state index contributed by atoms with van der Waals surface area (Å²) >= 11 is 0. The Hall–Kier alpha value is -2.31. The minimum absolute atomic E-state index is 0.166. The van der Waals surface area contributed by atoms with Gasteiger partial charge in [0.2, 0.25) is 0 Å². The van der Waals surface area contributed by atoms with E-state index in [4.69, 9.17) is 0 Å². The summed E-state index contributed by atoms with van der Waals surface area (Å²) in [6.45, 7) is 5.97. The van der Waals surface area contributed by atoms with Crippen molar-refractivity contribution in [3.63, 3.8) is 0 Å². The van der Waals surface area contributed by atoms with Gasteiger partial charge in [0.25, 0.3) is 11.5 Å². The van der Waals surface area contributed by atoms with Gasteiger partial charge in [-0.2, -0.15) is 0 Å². The van der Waals surface area contributed by atoms with Crippen LogP contribution >= 0.6 is 0 Å². The van der Waals surface area contributed by atoms with Crippen LogP contribution in [0.15, 0.2) is 21.7 Å². The molecule has 0 fully saturated rings. The average Bonchev–Trinajstić information content (AvgIpc) is 2.38. The second kappa shape index (κ2) is 5.15. The van der Waals surface area contributed by atoms with Crippen LogP contribution in [0.4, 0.5) is 8.78 Å². The number of alkyl halides is 2. The fraction of sp³-hybridized carbons (Fsp3) is 0.400. The van der Waals surface area contributed by atoms with Gasteiger partial charge in [0.15, 0.2) is 0 Å². The van der Waals surface area contributed by atoms with E-state index in [2.05, 4.69) is 4.98 Å². The first-order valence-corrected chi connectivity index (χ1v) is 6.70. The summed E-state index contributed by atoms with van der Waals surface area (Å²) < 4.78 is 28.6. The van der Waals surface area contributed by atoms with Crippen molar-refractivity contribution in [1.29, 1.82) is 0 Å². The van der Waals surface area contributed by atoms with Crippen LogP contribution in [-0.2, 0) is 13.0 Å². The van der Waals surface area contributed by atoms with Crippen molar-refractivity contribution in [1.82, 2.24) is 14.1 Å². The van der Waals surface area contributed by atoms with E-state index in [0.29, 0.717) is 18.2 Å². The van der Waals surface area contributed by atoms with E-state index in [1.165, 1.54) is 7.05 Å². The number of aryl methyl sites for hydroxylation is 3. The third kappa shape index (κ3) is 2.58. The van der Waals surface area contributed by atoms with Crippen molar-refractivity contribution >= 4 is 0 Å². The fourth-order valence-electron chi connectivity index (χ4n) is 2.30. The molecule has 5 nitrogen and oxygen atoms in total. The SMILES string of the molecule is Cc1cc(C)c(-n2c(=O)cc(C(C)(F)F)n(C)c2=O)nc1C. The number of rotatable bonds is 2. The average molecular weight is 309 g/mol. The van der Waals surface area contributed by atoms with E-state index >= 15 is 0 Å². The molecular weight excluding hydrogens is 292 g/mol. The van der Waals surface area contributed by atoms with Crippen molar-refractivity contribution in [2.45, 2.75) is 33.6 Å². The van der Waals surface area contributed by atoms with Gasteiger partial charge in [-0.15, -0.1) is 0 Å². The molecule has 0 unspecified atom stereocenters. The van der Waals surface area contributed by atoms with Gasteiger partial charge in [-0.25, -0.2) is 23.1 Å². The lowest BCUT2D eigenvalue weighted by Crippen LogP contribution is -2.41. The van der Waals surface area contributed by atoms with Gasteiger partial charge in [-0.3, -0.25) is 9.36 Å². The molecule has 0 saturated heterocycles. The Labute approximate surface area is 125 Å². The highest BCUT2D eigenvalue weighted by Gasteiger charge is 2.29. The highest BCUT2D eigenvalue weighted by atomic mass is 19.3. The Morgan fingerprint density at radius 1 is 1.09 bits per heavy atom. The molecule has 0 aliphatic heterocycles. The van der Waals surface area contributed by atoms with Crippen LogP contribution in [0.5, 0.6) is 0 Å². The molecule has 0 aliphatic rings. The molecule has 2 rings (SSSR count). The van der Waals surface area contributed by atoms with E-state index in [0.717, 1.165) is 20.8 Å². The predicted octanol–water partition coefficient (Wildman–Crippen LogP) is 1.97. The topological polar surface area (TPSA) is 56.9 Å². The van der Waals surface area contributed by atoms with Crippen molar-refractivity contribution in [2.75, 3.05) is 0 Å². The van der Waals surface area contributed by atoms with Crippen molar-refractivity contribution < 1.29 is 8.78 Å². The monoisotopic (exact) mass is 309 g/mol. The zero-order valence-corrected chi connectivity index (χ0v) is 13.1. The van der Waals surface area contributed by atoms with Gasteiger partial charge in [-0.1, -0.05) is 6.07 Å². The molecule has 118 valence electrons. The van der Waals surface area contributed by atoms with Crippen LogP contribution in [0.2, 0.25) is 0 Å². The zero-order valence-electron chi connectivity index (χ0n) is 13.1. The van der Waals surface area contributed by atoms with Crippen molar-refractivity contribution in [3.8, 4) is 5.82 Å². The second-order valence-electron chi connectivity index (χ2n) is 5.46. The minimum atomic E-state index is -3.28. The molecule has 2 heterocycles. The molecule has 0 saturated carbocycles. The maximum atomic E-state index is 13.5. The first-order valence-electron chi connectivity index (χ1n) is 6.70. The predicted molar refractivity (Wildman–Crippen MR) is 78.9 cm³/mol. The smallest absolute Gasteiger partial charge is 0.294 e. The maximum Gasteiger partial charge on any atom is 0.337 e. The second-order valence-corrected chi connectivity index (χ2v) is 5.46. The highest BCUT2D eigenvalue weighted by molar-refractivity contribution is 5.38. The fourth-order valence-corrected chi connectivity index (χ4v) is 2.30. The van der Waals surface area contributed by atoms with E-state index in [-0.39, 0.29) is 5.82 Å². The Morgan fingerprint density at radius 2 is 1.68 bits per heavy atom. The molecule has 2 aromatic heterocycles. The van der Waals surface area contributed by atoms with E-state index in [1.54, 1.807) is 19.9 Å². The number of pyridine rings is 1. The van der Waals surface area contributed by atoms with Crippen LogP contribution in [0, 0.1) is 20.8 Å². The Balaban J connectivity index is 2.85. The van der Waals surface area contributed by atoms with Crippen molar-refractivity contribution in [2.24, 2.45) is 7.05 Å². The van der Waals surface area contributed by atoms with Gasteiger partial charge < -0.3 is 0 Å². The highest BCUT2D eigenvalue weighted by Crippen LogP contribution is 2.24. The molecule has 0 aliphatic carbocycles. The summed E-state index contributed by atoms with van der Waals surface area (Å²) in [5.74, 6) is -3.11. The maximum absolute atomic E-state index is 13.5. The molecular formula is C15H17F2N3O2. The lowest BCUT2D eigenvalue weighted by atomic mass is 10.1. The van der Waals surface area contributed by atoms with E-state index in [9.17, 15) is 18.4 Å². The molecule has 0 amide bonds. The summed E-state index contributed by atoms with van der Waals surface area (Å²) in [6.07, 6.45) is 0. The molecule has 0 radical (unpaired) electrons. The van der Waals surface area contributed by atoms with Crippen LogP contribution in [-0.4, -0.2) is 14.1 Å². The molecule has 2 aromatic rings. The molecule has 0 bridgehead atoms. The Kier molecular flexibility index (Phi) is 3.76. The van der Waals surface area contributed by atoms with Gasteiger partial charge in [0.1, 0.15) is 5.82 Å². The van der Waals surface area contributed by atoms with Crippen LogP contribution in [0.1, 0.15) is 29.4 Å². The quantitative estimate of drug-likeness (QED) is 0.852. The van der Waals surface area contributed by atoms with Gasteiger partial charge in [-0.05, 0) is 31.9 Å². The molecule has 0 spiro atoms. The summed E-state index contributed by atoms with van der Waals surface area (Å²) in [7, 11) is 1.21. The van der Waals surface area contributed by atoms with Gasteiger partial charge in [0, 0.05) is 25.7 Å². The first-order chi connectivity index (χ1) is 10.0. The van der Waals surface area contributed by atoms with Crippen molar-refractivity contribution in [3.05, 3.63) is 55.5 Å². The van der Waals surface area contributed by atoms with E-state index < -0.39 is 22.9 Å². The van der Waals surface area contributed by atoms with E-state index in [1.807, 2.05) is 6.92 Å². The lowest BCUT2D eigenvalue weighted by Gasteiger charge is -2.17. The number of aromatic nitrogens is 3. The first kappa shape index (κ1) is 16.1. The zero-order chi connectivity index (χ0) is 16.8. The normalized spacial score (nSPS) is 11.8. The van der Waals surface area contributed by atoms with Gasteiger partial charge >= 0.3 is 5.69 Å². The summed E-state index contributed by atoms with van der Waals surface area (Å²) in [6, 6.07) is 2.57. The molecule has 22 heavy (non-hydrogen) atoms. The number of nitrogens with zero attached hydrogens (tertiary/aromatic N) is 3. The summed E-state index contributed by atoms with van der Waals surface area (Å²) in [4.78, 5) is 28.8. The largest absolute Gasteiger partial charge is 0.337 e. The third-order valence-corrected chi connectivity index (χ3v) is 3.61. The molecule has 0 atom stereocenters. The number of hydrogen-bond donors (Lipinski definition) is 0. The van der Waals surface area contributed by atoms with Crippen LogP contribution in [0.3, 0.4) is 0 Å². The Bertz CT molecular complexity index is 861. The van der Waals surface area contributed by atoms with Gasteiger partial charge in [0.05, 0.1) is 5.69 Å². The van der Waals surface area contributed by atoms with Crippen LogP contribution < -0.4 is 11.2 Å². The standard InChI is InChI=1S/C15H17F2N3O2/c1-8-6-9(2)13(18-10(8)3)20-12(21)7-11(15(4,16)17)19(5)14(20)22/h6-7H,1-5H3. The lowest BCUT2D eigenvalue weighted by molar-refractivity contribution is 0.00825. The Morgan fingerprint density at radius 3 is 2.23 bits per heavy atom. The molecule has 7 heteroatoms. The molecule has 0 N–H and O–H groups in total. The molecule has 0 aromatic carbocycles. The van der Waals surface area contributed by atoms with Crippen LogP contribution in [0.25, 0.3) is 5.82 Å². The third-order valence-electron chi connectivity index (χ3n) is 3.61. The number of halogens is 2. The summed E-state index contributed by atoms with van der Waals surface area (Å²) in [5.41, 5.74) is -0.0813. The number of hydrogen-bond acceptors (Lipinski definition) is 3. The minimum Gasteiger partial charge on any atom is -0.294 e. The summed E-state index contributed by atoms with van der Waals surface area (Å²) in [5, 5.41) is 0.